The van der Waals surface area contributed by atoms with Gasteiger partial charge in [0.25, 0.3) is 0 Å². The normalized spacial score (nSPS) is 11.4. The minimum atomic E-state index is 0.635. The van der Waals surface area contributed by atoms with Crippen LogP contribution in [0.15, 0.2) is 12.2 Å². The molecule has 0 aromatic carbocycles. The molecule has 0 saturated carbocycles. The smallest absolute Gasteiger partial charge is 0.198 e. The Morgan fingerprint density at radius 3 is 1.28 bits per heavy atom. The summed E-state index contributed by atoms with van der Waals surface area (Å²) in [6.07, 6.45) is 33.2. The molecule has 0 amide bonds. The molecule has 0 heterocycles. The predicted octanol–water partition coefficient (Wildman–Crippen LogP) is 8.47. The van der Waals surface area contributed by atoms with E-state index in [9.17, 15) is 4.79 Å². The highest BCUT2D eigenvalue weighted by Crippen LogP contribution is 2.14. The second-order valence-corrected chi connectivity index (χ2v) is 7.60. The minimum absolute atomic E-state index is 0.635. The van der Waals surface area contributed by atoms with Crippen LogP contribution in [-0.4, -0.2) is 6.29 Å². The van der Waals surface area contributed by atoms with E-state index in [0.717, 1.165) is 6.42 Å². The fourth-order valence-corrected chi connectivity index (χ4v) is 3.34. The van der Waals surface area contributed by atoms with Crippen molar-refractivity contribution in [3.05, 3.63) is 12.2 Å². The summed E-state index contributed by atoms with van der Waals surface area (Å²) in [4.78, 5) is 10.1. The van der Waals surface area contributed by atoms with Crippen LogP contribution in [-0.2, 0) is 4.79 Å². The maximum atomic E-state index is 10.1. The number of carbonyl (C=O) groups excluding carboxylic acids is 1. The predicted molar refractivity (Wildman–Crippen MR) is 113 cm³/mol. The number of unbranched alkanes of at least 4 members (excludes halogenated alkanes) is 18. The molecule has 0 bridgehead atoms. The molecule has 0 aliphatic carbocycles. The van der Waals surface area contributed by atoms with Crippen LogP contribution in [0.5, 0.6) is 0 Å². The quantitative estimate of drug-likeness (QED) is 0.150. The highest BCUT2D eigenvalue weighted by Gasteiger charge is 1.95. The molecule has 25 heavy (non-hydrogen) atoms. The molecule has 0 spiro atoms. The third kappa shape index (κ3) is 23.4. The van der Waals surface area contributed by atoms with Crippen molar-refractivity contribution in [1.82, 2.24) is 0 Å². The van der Waals surface area contributed by atoms with Crippen LogP contribution in [0.3, 0.4) is 0 Å². The first kappa shape index (κ1) is 24.4. The summed E-state index contributed by atoms with van der Waals surface area (Å²) in [5, 5.41) is 0. The topological polar surface area (TPSA) is 17.1 Å². The zero-order valence-corrected chi connectivity index (χ0v) is 17.2. The van der Waals surface area contributed by atoms with E-state index in [0.29, 0.717) is 6.42 Å². The molecule has 1 radical (unpaired) electrons. The Morgan fingerprint density at radius 1 is 0.520 bits per heavy atom. The second-order valence-electron chi connectivity index (χ2n) is 7.60. The lowest BCUT2D eigenvalue weighted by Gasteiger charge is -2.03. The van der Waals surface area contributed by atoms with Gasteiger partial charge < -0.3 is 0 Å². The fraction of sp³-hybridized carbons (Fsp3) is 0.875. The number of hydrogen-bond acceptors (Lipinski definition) is 1. The van der Waals surface area contributed by atoms with Crippen molar-refractivity contribution in [3.63, 3.8) is 0 Å². The van der Waals surface area contributed by atoms with Crippen molar-refractivity contribution in [2.45, 2.75) is 135 Å². The lowest BCUT2D eigenvalue weighted by Crippen LogP contribution is -1.84. The SMILES string of the molecule is CCC/C=C/CCCCCCCCCCCCCCCCCC[C]=O. The lowest BCUT2D eigenvalue weighted by atomic mass is 10.0. The standard InChI is InChI=1S/C24H45O/c1-2-3-4-5-6-7-8-9-10-11-12-13-14-15-16-17-18-19-20-21-22-23-24-25/h4-5H,2-3,6-23H2,1H3/b5-4+. The van der Waals surface area contributed by atoms with Crippen molar-refractivity contribution in [2.24, 2.45) is 0 Å². The summed E-state index contributed by atoms with van der Waals surface area (Å²) in [6.45, 7) is 2.24. The Bertz CT molecular complexity index is 269. The van der Waals surface area contributed by atoms with Crippen LogP contribution in [0.2, 0.25) is 0 Å². The van der Waals surface area contributed by atoms with Crippen LogP contribution < -0.4 is 0 Å². The largest absolute Gasteiger partial charge is 0.291 e. The lowest BCUT2D eigenvalue weighted by molar-refractivity contribution is 0.525. The van der Waals surface area contributed by atoms with E-state index in [-0.39, 0.29) is 0 Å². The van der Waals surface area contributed by atoms with Gasteiger partial charge in [0, 0.05) is 6.42 Å². The molecule has 0 aromatic heterocycles. The maximum absolute atomic E-state index is 10.1. The van der Waals surface area contributed by atoms with E-state index in [4.69, 9.17) is 0 Å². The Hall–Kier alpha value is -0.590. The first-order valence-corrected chi connectivity index (χ1v) is 11.4. The van der Waals surface area contributed by atoms with E-state index >= 15 is 0 Å². The molecular weight excluding hydrogens is 304 g/mol. The molecule has 0 saturated heterocycles. The molecule has 0 N–H and O–H groups in total. The zero-order chi connectivity index (χ0) is 18.3. The molecule has 0 aliphatic rings. The third-order valence-corrected chi connectivity index (χ3v) is 5.02. The summed E-state index contributed by atoms with van der Waals surface area (Å²) in [6, 6.07) is 0. The van der Waals surface area contributed by atoms with Gasteiger partial charge in [-0.25, -0.2) is 0 Å². The van der Waals surface area contributed by atoms with Crippen molar-refractivity contribution < 1.29 is 4.79 Å². The Balaban J connectivity index is 2.99. The van der Waals surface area contributed by atoms with Crippen molar-refractivity contribution >= 4 is 6.29 Å². The van der Waals surface area contributed by atoms with E-state index in [1.54, 1.807) is 0 Å². The molecule has 1 heteroatoms. The first-order valence-electron chi connectivity index (χ1n) is 11.4. The number of allylic oxidation sites excluding steroid dienone is 2. The summed E-state index contributed by atoms with van der Waals surface area (Å²) in [5.41, 5.74) is 0. The van der Waals surface area contributed by atoms with Crippen LogP contribution in [0, 0.1) is 0 Å². The second kappa shape index (κ2) is 23.4. The zero-order valence-electron chi connectivity index (χ0n) is 17.2. The summed E-state index contributed by atoms with van der Waals surface area (Å²) < 4.78 is 0. The van der Waals surface area contributed by atoms with Crippen molar-refractivity contribution in [2.75, 3.05) is 0 Å². The Kier molecular flexibility index (Phi) is 22.9. The number of rotatable bonds is 21. The molecule has 147 valence electrons. The van der Waals surface area contributed by atoms with E-state index in [1.165, 1.54) is 116 Å². The van der Waals surface area contributed by atoms with Gasteiger partial charge in [0.05, 0.1) is 0 Å². The van der Waals surface area contributed by atoms with Crippen LogP contribution in [0.4, 0.5) is 0 Å². The highest BCUT2D eigenvalue weighted by atomic mass is 16.1. The monoisotopic (exact) mass is 349 g/mol. The molecule has 1 nitrogen and oxygen atoms in total. The van der Waals surface area contributed by atoms with Crippen LogP contribution >= 0.6 is 0 Å². The number of hydrogen-bond donors (Lipinski definition) is 0. The maximum Gasteiger partial charge on any atom is 0.198 e. The molecule has 0 rings (SSSR count). The molecule has 0 aliphatic heterocycles. The summed E-state index contributed by atoms with van der Waals surface area (Å²) in [5.74, 6) is 0. The average Bonchev–Trinajstić information content (AvgIpc) is 2.63. The fourth-order valence-electron chi connectivity index (χ4n) is 3.34. The highest BCUT2D eigenvalue weighted by molar-refractivity contribution is 5.50. The van der Waals surface area contributed by atoms with Gasteiger partial charge in [0.15, 0.2) is 6.29 Å². The summed E-state index contributed by atoms with van der Waals surface area (Å²) in [7, 11) is 0. The van der Waals surface area contributed by atoms with Gasteiger partial charge in [-0.05, 0) is 25.7 Å². The molecule has 0 fully saturated rings. The van der Waals surface area contributed by atoms with Gasteiger partial charge in [0.1, 0.15) is 0 Å². The van der Waals surface area contributed by atoms with E-state index < -0.39 is 0 Å². The minimum Gasteiger partial charge on any atom is -0.291 e. The van der Waals surface area contributed by atoms with Gasteiger partial charge in [-0.3, -0.25) is 4.79 Å². The van der Waals surface area contributed by atoms with Gasteiger partial charge in [-0.2, -0.15) is 0 Å². The van der Waals surface area contributed by atoms with E-state index in [2.05, 4.69) is 19.1 Å². The molecule has 0 aromatic rings. The van der Waals surface area contributed by atoms with E-state index in [1.807, 2.05) is 6.29 Å². The van der Waals surface area contributed by atoms with Gasteiger partial charge in [0.2, 0.25) is 0 Å². The molecule has 0 unspecified atom stereocenters. The average molecular weight is 350 g/mol. The Labute approximate surface area is 159 Å². The molecular formula is C24H45O. The molecule has 0 atom stereocenters. The van der Waals surface area contributed by atoms with Crippen molar-refractivity contribution in [3.8, 4) is 0 Å². The Morgan fingerprint density at radius 2 is 0.880 bits per heavy atom. The third-order valence-electron chi connectivity index (χ3n) is 5.02. The first-order chi connectivity index (χ1) is 12.4. The van der Waals surface area contributed by atoms with Gasteiger partial charge in [-0.1, -0.05) is 115 Å². The van der Waals surface area contributed by atoms with Crippen LogP contribution in [0.1, 0.15) is 135 Å². The van der Waals surface area contributed by atoms with Gasteiger partial charge >= 0.3 is 0 Å². The van der Waals surface area contributed by atoms with Crippen molar-refractivity contribution in [1.29, 1.82) is 0 Å². The van der Waals surface area contributed by atoms with Gasteiger partial charge in [-0.15, -0.1) is 0 Å². The van der Waals surface area contributed by atoms with Crippen LogP contribution in [0.25, 0.3) is 0 Å². The summed E-state index contributed by atoms with van der Waals surface area (Å²) >= 11 is 0.